The van der Waals surface area contributed by atoms with Crippen molar-refractivity contribution >= 4 is 23.3 Å². The first-order valence-corrected chi connectivity index (χ1v) is 5.33. The third-order valence-corrected chi connectivity index (χ3v) is 2.40. The molecule has 0 unspecified atom stereocenters. The maximum absolute atomic E-state index is 11.6. The molecule has 0 radical (unpaired) electrons. The lowest BCUT2D eigenvalue weighted by Crippen LogP contribution is -2.27. The average molecular weight is 227 g/mol. The summed E-state index contributed by atoms with van der Waals surface area (Å²) in [4.78, 5) is 17.4. The highest BCUT2D eigenvalue weighted by atomic mass is 35.5. The van der Waals surface area contributed by atoms with Crippen LogP contribution in [0.25, 0.3) is 0 Å². The van der Waals surface area contributed by atoms with Crippen molar-refractivity contribution in [2.45, 2.75) is 26.7 Å². The normalized spacial score (nSPS) is 10.1. The van der Waals surface area contributed by atoms with Crippen LogP contribution in [0.4, 0.5) is 5.82 Å². The van der Waals surface area contributed by atoms with Gasteiger partial charge >= 0.3 is 0 Å². The Bertz CT molecular complexity index is 366. The number of carbonyl (C=O) groups is 1. The van der Waals surface area contributed by atoms with Gasteiger partial charge in [-0.25, -0.2) is 4.98 Å². The van der Waals surface area contributed by atoms with Crippen molar-refractivity contribution in [2.75, 3.05) is 11.9 Å². The van der Waals surface area contributed by atoms with E-state index in [0.29, 0.717) is 17.4 Å². The number of rotatable bonds is 3. The van der Waals surface area contributed by atoms with E-state index >= 15 is 0 Å². The number of halogens is 1. The molecule has 82 valence electrons. The lowest BCUT2D eigenvalue weighted by atomic mass is 10.2. The van der Waals surface area contributed by atoms with Crippen molar-refractivity contribution in [3.63, 3.8) is 0 Å². The van der Waals surface area contributed by atoms with Gasteiger partial charge in [-0.1, -0.05) is 24.6 Å². The summed E-state index contributed by atoms with van der Waals surface area (Å²) in [5.74, 6) is 0.705. The molecule has 0 atom stereocenters. The van der Waals surface area contributed by atoms with Gasteiger partial charge in [0, 0.05) is 13.5 Å². The van der Waals surface area contributed by atoms with Gasteiger partial charge in [-0.2, -0.15) is 0 Å². The zero-order valence-corrected chi connectivity index (χ0v) is 10.0. The summed E-state index contributed by atoms with van der Waals surface area (Å²) in [5, 5.41) is 0.409. The molecule has 1 amide bonds. The lowest BCUT2D eigenvalue weighted by Gasteiger charge is -2.18. The highest BCUT2D eigenvalue weighted by Crippen LogP contribution is 2.19. The molecule has 1 aromatic heterocycles. The Balaban J connectivity index is 2.94. The van der Waals surface area contributed by atoms with Gasteiger partial charge in [-0.15, -0.1) is 0 Å². The van der Waals surface area contributed by atoms with Crippen molar-refractivity contribution in [3.8, 4) is 0 Å². The highest BCUT2D eigenvalue weighted by Gasteiger charge is 2.13. The number of carbonyl (C=O) groups excluding carboxylic acids is 1. The summed E-state index contributed by atoms with van der Waals surface area (Å²) in [6.07, 6.45) is 1.37. The lowest BCUT2D eigenvalue weighted by molar-refractivity contribution is -0.118. The SMILES string of the molecule is CCCC(=O)N(C)c1nc(Cl)ccc1C. The summed E-state index contributed by atoms with van der Waals surface area (Å²) in [5.41, 5.74) is 0.950. The molecule has 0 spiro atoms. The zero-order valence-electron chi connectivity index (χ0n) is 9.25. The predicted molar refractivity (Wildman–Crippen MR) is 62.3 cm³/mol. The van der Waals surface area contributed by atoms with Gasteiger partial charge in [0.2, 0.25) is 5.91 Å². The molecular weight excluding hydrogens is 212 g/mol. The van der Waals surface area contributed by atoms with Crippen LogP contribution >= 0.6 is 11.6 Å². The smallest absolute Gasteiger partial charge is 0.227 e. The minimum Gasteiger partial charge on any atom is -0.300 e. The van der Waals surface area contributed by atoms with Crippen LogP contribution < -0.4 is 4.90 Å². The molecule has 0 aliphatic heterocycles. The molecule has 1 heterocycles. The van der Waals surface area contributed by atoms with Gasteiger partial charge in [-0.3, -0.25) is 9.69 Å². The van der Waals surface area contributed by atoms with Gasteiger partial charge in [0.1, 0.15) is 11.0 Å². The first-order valence-electron chi connectivity index (χ1n) is 4.96. The van der Waals surface area contributed by atoms with Crippen LogP contribution in [0.3, 0.4) is 0 Å². The molecule has 0 bridgehead atoms. The van der Waals surface area contributed by atoms with E-state index in [2.05, 4.69) is 4.98 Å². The zero-order chi connectivity index (χ0) is 11.4. The first kappa shape index (κ1) is 12.0. The summed E-state index contributed by atoms with van der Waals surface area (Å²) < 4.78 is 0. The largest absolute Gasteiger partial charge is 0.300 e. The number of hydrogen-bond acceptors (Lipinski definition) is 2. The van der Waals surface area contributed by atoms with Gasteiger partial charge in [0.15, 0.2) is 0 Å². The molecule has 4 heteroatoms. The van der Waals surface area contributed by atoms with Gasteiger partial charge in [-0.05, 0) is 25.0 Å². The molecule has 15 heavy (non-hydrogen) atoms. The summed E-state index contributed by atoms with van der Waals surface area (Å²) in [6, 6.07) is 3.58. The standard InChI is InChI=1S/C11H15ClN2O/c1-4-5-10(15)14(3)11-8(2)6-7-9(12)13-11/h6-7H,4-5H2,1-3H3. The molecule has 0 fully saturated rings. The maximum atomic E-state index is 11.6. The van der Waals surface area contributed by atoms with Gasteiger partial charge in [0.05, 0.1) is 0 Å². The number of hydrogen-bond donors (Lipinski definition) is 0. The van der Waals surface area contributed by atoms with Crippen molar-refractivity contribution in [3.05, 3.63) is 22.8 Å². The molecule has 0 aliphatic carbocycles. The van der Waals surface area contributed by atoms with E-state index in [0.717, 1.165) is 12.0 Å². The molecule has 0 aromatic carbocycles. The molecule has 1 rings (SSSR count). The van der Waals surface area contributed by atoms with E-state index in [1.54, 1.807) is 18.0 Å². The van der Waals surface area contributed by atoms with E-state index in [-0.39, 0.29) is 5.91 Å². The van der Waals surface area contributed by atoms with Crippen molar-refractivity contribution in [1.29, 1.82) is 0 Å². The summed E-state index contributed by atoms with van der Waals surface area (Å²) in [7, 11) is 1.73. The Morgan fingerprint density at radius 2 is 2.20 bits per heavy atom. The number of anilines is 1. The van der Waals surface area contributed by atoms with Crippen LogP contribution in [0.5, 0.6) is 0 Å². The second-order valence-electron chi connectivity index (χ2n) is 3.48. The van der Waals surface area contributed by atoms with Crippen molar-refractivity contribution < 1.29 is 4.79 Å². The fraction of sp³-hybridized carbons (Fsp3) is 0.455. The second kappa shape index (κ2) is 5.12. The molecule has 0 saturated heterocycles. The molecule has 3 nitrogen and oxygen atoms in total. The Morgan fingerprint density at radius 3 is 2.80 bits per heavy atom. The first-order chi connectivity index (χ1) is 7.06. The van der Waals surface area contributed by atoms with E-state index in [9.17, 15) is 4.79 Å². The second-order valence-corrected chi connectivity index (χ2v) is 3.86. The molecule has 0 N–H and O–H groups in total. The monoisotopic (exact) mass is 226 g/mol. The van der Waals surface area contributed by atoms with E-state index < -0.39 is 0 Å². The van der Waals surface area contributed by atoms with E-state index in [4.69, 9.17) is 11.6 Å². The Kier molecular flexibility index (Phi) is 4.09. The summed E-state index contributed by atoms with van der Waals surface area (Å²) >= 11 is 5.79. The van der Waals surface area contributed by atoms with Crippen molar-refractivity contribution in [1.82, 2.24) is 4.98 Å². The Hall–Kier alpha value is -1.09. The average Bonchev–Trinajstić information content (AvgIpc) is 2.21. The van der Waals surface area contributed by atoms with Crippen LogP contribution in [0.2, 0.25) is 5.15 Å². The van der Waals surface area contributed by atoms with Gasteiger partial charge in [0.25, 0.3) is 0 Å². The van der Waals surface area contributed by atoms with Gasteiger partial charge < -0.3 is 0 Å². The Morgan fingerprint density at radius 1 is 1.53 bits per heavy atom. The minimum absolute atomic E-state index is 0.0652. The highest BCUT2D eigenvalue weighted by molar-refractivity contribution is 6.29. The fourth-order valence-corrected chi connectivity index (χ4v) is 1.48. The van der Waals surface area contributed by atoms with Crippen LogP contribution in [0.15, 0.2) is 12.1 Å². The number of amides is 1. The van der Waals surface area contributed by atoms with E-state index in [1.807, 2.05) is 19.9 Å². The molecule has 0 saturated carbocycles. The number of nitrogens with zero attached hydrogens (tertiary/aromatic N) is 2. The molecular formula is C11H15ClN2O. The Labute approximate surface area is 95.1 Å². The fourth-order valence-electron chi connectivity index (χ4n) is 1.33. The van der Waals surface area contributed by atoms with Crippen LogP contribution in [-0.4, -0.2) is 17.9 Å². The van der Waals surface area contributed by atoms with Crippen molar-refractivity contribution in [2.24, 2.45) is 0 Å². The predicted octanol–water partition coefficient (Wildman–Crippen LogP) is 2.81. The van der Waals surface area contributed by atoms with Crippen LogP contribution in [0, 0.1) is 6.92 Å². The maximum Gasteiger partial charge on any atom is 0.227 e. The molecule has 0 aliphatic rings. The molecule has 1 aromatic rings. The summed E-state index contributed by atoms with van der Waals surface area (Å²) in [6.45, 7) is 3.89. The quantitative estimate of drug-likeness (QED) is 0.743. The van der Waals surface area contributed by atoms with Crippen LogP contribution in [0.1, 0.15) is 25.3 Å². The van der Waals surface area contributed by atoms with E-state index in [1.165, 1.54) is 0 Å². The topological polar surface area (TPSA) is 33.2 Å². The third-order valence-electron chi connectivity index (χ3n) is 2.19. The number of aryl methyl sites for hydroxylation is 1. The number of aromatic nitrogens is 1. The number of pyridine rings is 1. The third kappa shape index (κ3) is 2.93. The minimum atomic E-state index is 0.0652. The van der Waals surface area contributed by atoms with Crippen LogP contribution in [-0.2, 0) is 4.79 Å².